The van der Waals surface area contributed by atoms with Gasteiger partial charge in [0.05, 0.1) is 0 Å². The van der Waals surface area contributed by atoms with Crippen LogP contribution in [0.4, 0.5) is 0 Å². The van der Waals surface area contributed by atoms with E-state index in [1.807, 2.05) is 43.3 Å². The van der Waals surface area contributed by atoms with Gasteiger partial charge in [-0.15, -0.1) is 0 Å². The lowest BCUT2D eigenvalue weighted by Gasteiger charge is -2.06. The Morgan fingerprint density at radius 3 is 2.56 bits per heavy atom. The van der Waals surface area contributed by atoms with Crippen LogP contribution in [0.5, 0.6) is 11.6 Å². The molecule has 18 heavy (non-hydrogen) atoms. The Hall–Kier alpha value is -2.42. The average Bonchev–Trinajstić information content (AvgIpc) is 2.39. The molecule has 88 valence electrons. The van der Waals surface area contributed by atoms with Crippen molar-refractivity contribution in [2.45, 2.75) is 6.92 Å². The molecular formula is C15H12N2O. The summed E-state index contributed by atoms with van der Waals surface area (Å²) in [5, 5.41) is 2.35. The van der Waals surface area contributed by atoms with Crippen molar-refractivity contribution in [2.24, 2.45) is 0 Å². The van der Waals surface area contributed by atoms with Crippen molar-refractivity contribution < 1.29 is 4.74 Å². The predicted octanol–water partition coefficient (Wildman–Crippen LogP) is 3.73. The van der Waals surface area contributed by atoms with Gasteiger partial charge in [-0.25, -0.2) is 9.97 Å². The second-order valence-electron chi connectivity index (χ2n) is 4.11. The molecule has 3 heteroatoms. The van der Waals surface area contributed by atoms with Crippen LogP contribution >= 0.6 is 0 Å². The van der Waals surface area contributed by atoms with Crippen molar-refractivity contribution in [1.82, 2.24) is 9.97 Å². The highest BCUT2D eigenvalue weighted by atomic mass is 16.5. The molecule has 0 aliphatic rings. The smallest absolute Gasteiger partial charge is 0.222 e. The fraction of sp³-hybridized carbons (Fsp3) is 0.0667. The molecular weight excluding hydrogens is 224 g/mol. The largest absolute Gasteiger partial charge is 0.439 e. The van der Waals surface area contributed by atoms with Crippen LogP contribution in [0.3, 0.4) is 0 Å². The molecule has 3 rings (SSSR count). The first-order valence-corrected chi connectivity index (χ1v) is 5.76. The van der Waals surface area contributed by atoms with Gasteiger partial charge in [-0.3, -0.25) is 0 Å². The number of nitrogens with zero attached hydrogens (tertiary/aromatic N) is 2. The summed E-state index contributed by atoms with van der Waals surface area (Å²) in [4.78, 5) is 8.12. The van der Waals surface area contributed by atoms with Gasteiger partial charge in [0.1, 0.15) is 12.1 Å². The summed E-state index contributed by atoms with van der Waals surface area (Å²) in [6.45, 7) is 1.91. The number of aryl methyl sites for hydroxylation is 1. The third kappa shape index (κ3) is 2.15. The minimum atomic E-state index is 0.567. The van der Waals surface area contributed by atoms with Crippen molar-refractivity contribution in [3.05, 3.63) is 60.6 Å². The monoisotopic (exact) mass is 236 g/mol. The molecule has 3 aromatic rings. The third-order valence-corrected chi connectivity index (χ3v) is 2.72. The molecule has 0 N–H and O–H groups in total. The fourth-order valence-corrected chi connectivity index (χ4v) is 1.84. The number of ether oxygens (including phenoxy) is 1. The molecule has 1 aromatic heterocycles. The van der Waals surface area contributed by atoms with Crippen LogP contribution in [-0.4, -0.2) is 9.97 Å². The van der Waals surface area contributed by atoms with Crippen LogP contribution in [-0.2, 0) is 0 Å². The molecule has 0 bridgehead atoms. The van der Waals surface area contributed by atoms with E-state index in [0.717, 1.165) is 16.8 Å². The van der Waals surface area contributed by atoms with E-state index < -0.39 is 0 Å². The zero-order valence-electron chi connectivity index (χ0n) is 10.00. The van der Waals surface area contributed by atoms with Gasteiger partial charge in [-0.1, -0.05) is 30.3 Å². The van der Waals surface area contributed by atoms with Crippen LogP contribution in [0.15, 0.2) is 54.9 Å². The van der Waals surface area contributed by atoms with Gasteiger partial charge in [-0.2, -0.15) is 0 Å². The molecule has 0 radical (unpaired) electrons. The zero-order chi connectivity index (χ0) is 12.4. The van der Waals surface area contributed by atoms with Crippen molar-refractivity contribution in [3.63, 3.8) is 0 Å². The number of rotatable bonds is 2. The van der Waals surface area contributed by atoms with Gasteiger partial charge >= 0.3 is 0 Å². The molecule has 0 unspecified atom stereocenters. The molecule has 0 atom stereocenters. The van der Waals surface area contributed by atoms with E-state index in [0.29, 0.717) is 5.88 Å². The van der Waals surface area contributed by atoms with Crippen LogP contribution in [0.1, 0.15) is 5.69 Å². The SMILES string of the molecule is Cc1cc(Oc2ccc3ccccc3c2)ncn1. The normalized spacial score (nSPS) is 10.5. The Morgan fingerprint density at radius 1 is 0.889 bits per heavy atom. The Bertz CT molecular complexity index is 695. The van der Waals surface area contributed by atoms with E-state index in [1.165, 1.54) is 11.7 Å². The van der Waals surface area contributed by atoms with E-state index in [2.05, 4.69) is 22.1 Å². The zero-order valence-corrected chi connectivity index (χ0v) is 10.00. The Kier molecular flexibility index (Phi) is 2.65. The van der Waals surface area contributed by atoms with E-state index >= 15 is 0 Å². The van der Waals surface area contributed by atoms with Gasteiger partial charge in [0, 0.05) is 11.8 Å². The fourth-order valence-electron chi connectivity index (χ4n) is 1.84. The first-order chi connectivity index (χ1) is 8.81. The summed E-state index contributed by atoms with van der Waals surface area (Å²) < 4.78 is 5.72. The summed E-state index contributed by atoms with van der Waals surface area (Å²) in [5.41, 5.74) is 0.890. The number of fused-ring (bicyclic) bond motifs is 1. The summed E-state index contributed by atoms with van der Waals surface area (Å²) in [6.07, 6.45) is 1.51. The highest BCUT2D eigenvalue weighted by Crippen LogP contribution is 2.24. The van der Waals surface area contributed by atoms with Gasteiger partial charge in [-0.05, 0) is 29.8 Å². The van der Waals surface area contributed by atoms with Gasteiger partial charge < -0.3 is 4.74 Å². The Morgan fingerprint density at radius 2 is 1.72 bits per heavy atom. The summed E-state index contributed by atoms with van der Waals surface area (Å²) in [7, 11) is 0. The molecule has 0 aliphatic carbocycles. The third-order valence-electron chi connectivity index (χ3n) is 2.72. The maximum atomic E-state index is 5.72. The Balaban J connectivity index is 1.95. The second kappa shape index (κ2) is 4.45. The molecule has 1 heterocycles. The maximum Gasteiger partial charge on any atom is 0.222 e. The molecule has 0 saturated heterocycles. The van der Waals surface area contributed by atoms with Crippen molar-refractivity contribution in [3.8, 4) is 11.6 Å². The summed E-state index contributed by atoms with van der Waals surface area (Å²) in [6, 6.07) is 16.0. The minimum Gasteiger partial charge on any atom is -0.439 e. The van der Waals surface area contributed by atoms with Crippen LogP contribution < -0.4 is 4.74 Å². The molecule has 0 fully saturated rings. The molecule has 3 nitrogen and oxygen atoms in total. The van der Waals surface area contributed by atoms with Gasteiger partial charge in [0.25, 0.3) is 0 Å². The summed E-state index contributed by atoms with van der Waals surface area (Å²) in [5.74, 6) is 1.35. The van der Waals surface area contributed by atoms with E-state index in [-0.39, 0.29) is 0 Å². The molecule has 0 amide bonds. The lowest BCUT2D eigenvalue weighted by atomic mass is 10.1. The van der Waals surface area contributed by atoms with Crippen molar-refractivity contribution in [1.29, 1.82) is 0 Å². The second-order valence-corrected chi connectivity index (χ2v) is 4.11. The Labute approximate surface area is 105 Å². The highest BCUT2D eigenvalue weighted by Gasteiger charge is 2.00. The molecule has 0 aliphatic heterocycles. The van der Waals surface area contributed by atoms with Crippen molar-refractivity contribution in [2.75, 3.05) is 0 Å². The standard InChI is InChI=1S/C15H12N2O/c1-11-8-15(17-10-16-11)18-14-7-6-12-4-2-3-5-13(12)9-14/h2-10H,1H3. The van der Waals surface area contributed by atoms with E-state index in [9.17, 15) is 0 Å². The summed E-state index contributed by atoms with van der Waals surface area (Å²) >= 11 is 0. The lowest BCUT2D eigenvalue weighted by molar-refractivity contribution is 0.461. The first kappa shape index (κ1) is 10.7. The van der Waals surface area contributed by atoms with Crippen LogP contribution in [0, 0.1) is 6.92 Å². The highest BCUT2D eigenvalue weighted by molar-refractivity contribution is 5.83. The van der Waals surface area contributed by atoms with Gasteiger partial charge in [0.2, 0.25) is 5.88 Å². The lowest BCUT2D eigenvalue weighted by Crippen LogP contribution is -1.90. The number of hydrogen-bond acceptors (Lipinski definition) is 3. The topological polar surface area (TPSA) is 35.0 Å². The van der Waals surface area contributed by atoms with E-state index in [1.54, 1.807) is 0 Å². The first-order valence-electron chi connectivity index (χ1n) is 5.76. The quantitative estimate of drug-likeness (QED) is 0.680. The molecule has 2 aromatic carbocycles. The number of aromatic nitrogens is 2. The van der Waals surface area contributed by atoms with Crippen molar-refractivity contribution >= 4 is 10.8 Å². The maximum absolute atomic E-state index is 5.72. The number of benzene rings is 2. The molecule has 0 saturated carbocycles. The van der Waals surface area contributed by atoms with Crippen LogP contribution in [0.25, 0.3) is 10.8 Å². The number of hydrogen-bond donors (Lipinski definition) is 0. The van der Waals surface area contributed by atoms with E-state index in [4.69, 9.17) is 4.74 Å². The molecule has 0 spiro atoms. The van der Waals surface area contributed by atoms with Crippen LogP contribution in [0.2, 0.25) is 0 Å². The van der Waals surface area contributed by atoms with Gasteiger partial charge in [0.15, 0.2) is 0 Å². The average molecular weight is 236 g/mol. The minimum absolute atomic E-state index is 0.567. The predicted molar refractivity (Wildman–Crippen MR) is 70.8 cm³/mol.